The summed E-state index contributed by atoms with van der Waals surface area (Å²) in [4.78, 5) is 39.9. The lowest BCUT2D eigenvalue weighted by Gasteiger charge is -2.30. The Morgan fingerprint density at radius 2 is 0.959 bits per heavy atom. The number of hydrogen-bond acceptors (Lipinski definition) is 7. The number of phosphoric ester groups is 1. The molecule has 1 N–H and O–H groups in total. The molecule has 0 bridgehead atoms. The minimum atomic E-state index is -4.72. The van der Waals surface area contributed by atoms with Gasteiger partial charge in [0.2, 0.25) is 5.91 Å². The lowest BCUT2D eigenvalue weighted by atomic mass is 10.0. The third-order valence-electron chi connectivity index (χ3n) is 12.0. The van der Waals surface area contributed by atoms with Gasteiger partial charge in [0.1, 0.15) is 19.3 Å². The van der Waals surface area contributed by atoms with Crippen LogP contribution < -0.4 is 10.2 Å². The highest BCUT2D eigenvalue weighted by atomic mass is 31.2. The Hall–Kier alpha value is -3.59. The molecule has 416 valence electrons. The molecular formula is C63H107N2O7P. The van der Waals surface area contributed by atoms with Crippen molar-refractivity contribution < 1.29 is 37.3 Å². The molecule has 1 amide bonds. The molecule has 0 rings (SSSR count). The van der Waals surface area contributed by atoms with Gasteiger partial charge in [0.05, 0.1) is 33.8 Å². The fourth-order valence-electron chi connectivity index (χ4n) is 7.55. The van der Waals surface area contributed by atoms with Crippen LogP contribution >= 0.6 is 7.82 Å². The number of carbonyl (C=O) groups excluding carboxylic acids is 2. The van der Waals surface area contributed by atoms with Gasteiger partial charge < -0.3 is 28.5 Å². The molecule has 9 nitrogen and oxygen atoms in total. The van der Waals surface area contributed by atoms with Gasteiger partial charge in [0.25, 0.3) is 7.82 Å². The molecule has 0 heterocycles. The molecule has 10 heteroatoms. The molecule has 0 aliphatic carbocycles. The third-order valence-corrected chi connectivity index (χ3v) is 12.9. The number of allylic oxidation sites excluding steroid dienone is 19. The van der Waals surface area contributed by atoms with Gasteiger partial charge in [-0.25, -0.2) is 0 Å². The van der Waals surface area contributed by atoms with Crippen molar-refractivity contribution in [2.45, 2.75) is 226 Å². The quantitative estimate of drug-likeness (QED) is 0.0161. The molecule has 0 radical (unpaired) electrons. The van der Waals surface area contributed by atoms with Crippen LogP contribution in [0.5, 0.6) is 0 Å². The van der Waals surface area contributed by atoms with Crippen molar-refractivity contribution in [3.8, 4) is 0 Å². The Morgan fingerprint density at radius 1 is 0.507 bits per heavy atom. The molecule has 0 saturated heterocycles. The number of ether oxygens (including phenoxy) is 1. The fraction of sp³-hybridized carbons (Fsp3) is 0.651. The zero-order chi connectivity index (χ0) is 53.6. The summed E-state index contributed by atoms with van der Waals surface area (Å²) in [6.45, 7) is 6.52. The fourth-order valence-corrected chi connectivity index (χ4v) is 8.27. The Morgan fingerprint density at radius 3 is 1.47 bits per heavy atom. The smallest absolute Gasteiger partial charge is 0.306 e. The summed E-state index contributed by atoms with van der Waals surface area (Å²) in [5, 5.41) is 2.99. The summed E-state index contributed by atoms with van der Waals surface area (Å²) in [5.41, 5.74) is 0. The summed E-state index contributed by atoms with van der Waals surface area (Å²) >= 11 is 0. The lowest BCUT2D eigenvalue weighted by Crippen LogP contribution is -2.47. The van der Waals surface area contributed by atoms with Gasteiger partial charge in [-0.1, -0.05) is 233 Å². The zero-order valence-corrected chi connectivity index (χ0v) is 48.2. The van der Waals surface area contributed by atoms with E-state index in [1.165, 1.54) is 77.0 Å². The highest BCUT2D eigenvalue weighted by molar-refractivity contribution is 7.45. The van der Waals surface area contributed by atoms with Crippen LogP contribution in [0.3, 0.4) is 0 Å². The van der Waals surface area contributed by atoms with Gasteiger partial charge in [0, 0.05) is 12.8 Å². The maximum Gasteiger partial charge on any atom is 0.306 e. The van der Waals surface area contributed by atoms with E-state index in [1.807, 2.05) is 39.4 Å². The molecular weight excluding hydrogens is 928 g/mol. The number of quaternary nitrogens is 1. The van der Waals surface area contributed by atoms with E-state index in [4.69, 9.17) is 13.8 Å². The van der Waals surface area contributed by atoms with E-state index < -0.39 is 32.5 Å². The van der Waals surface area contributed by atoms with E-state index in [-0.39, 0.29) is 25.4 Å². The first kappa shape index (κ1) is 69.4. The number of likely N-dealkylation sites (N-methyl/N-ethyl adjacent to an activating group) is 1. The van der Waals surface area contributed by atoms with E-state index in [1.54, 1.807) is 6.08 Å². The zero-order valence-electron chi connectivity index (χ0n) is 47.3. The Bertz CT molecular complexity index is 1660. The molecule has 0 saturated carbocycles. The second-order valence-corrected chi connectivity index (χ2v) is 21.5. The number of unbranched alkanes of at least 4 members (excludes halogenated alkanes) is 18. The molecule has 0 aromatic carbocycles. The number of hydrogen-bond donors (Lipinski definition) is 1. The minimum Gasteiger partial charge on any atom is -0.756 e. The molecule has 3 atom stereocenters. The van der Waals surface area contributed by atoms with Crippen LogP contribution in [-0.2, 0) is 27.9 Å². The SMILES string of the molecule is CC/C=C\C/C=C\C/C=C\C/C=C\C/C=C\C/C=C\CCC(=O)OC(/C=C/CCCCCCCCCCCCC)C(COP(=O)([O-])OCC[N+](C)(C)C)NC(=O)CCCCCCCCC/C=C/C=C/C=C/CC. The Kier molecular flexibility index (Phi) is 49.3. The van der Waals surface area contributed by atoms with E-state index in [2.05, 4.69) is 123 Å². The molecule has 3 unspecified atom stereocenters. The highest BCUT2D eigenvalue weighted by Crippen LogP contribution is 2.38. The molecule has 0 aromatic heterocycles. The van der Waals surface area contributed by atoms with Crippen LogP contribution in [0.25, 0.3) is 0 Å². The summed E-state index contributed by atoms with van der Waals surface area (Å²) < 4.78 is 30.2. The van der Waals surface area contributed by atoms with Crippen LogP contribution in [0.1, 0.15) is 213 Å². The van der Waals surface area contributed by atoms with Crippen LogP contribution in [0.2, 0.25) is 0 Å². The number of carbonyl (C=O) groups is 2. The van der Waals surface area contributed by atoms with E-state index in [0.717, 1.165) is 89.9 Å². The van der Waals surface area contributed by atoms with Crippen LogP contribution in [0.4, 0.5) is 0 Å². The molecule has 0 spiro atoms. The molecule has 0 aromatic rings. The number of nitrogens with zero attached hydrogens (tertiary/aromatic N) is 1. The Balaban J connectivity index is 5.51. The number of esters is 1. The second kappa shape index (κ2) is 51.9. The first-order valence-corrected chi connectivity index (χ1v) is 30.3. The maximum atomic E-state index is 13.5. The number of phosphoric acid groups is 1. The number of rotatable bonds is 50. The predicted octanol–water partition coefficient (Wildman–Crippen LogP) is 16.9. The second-order valence-electron chi connectivity index (χ2n) is 20.1. The van der Waals surface area contributed by atoms with Crippen molar-refractivity contribution in [1.82, 2.24) is 5.32 Å². The average molecular weight is 1040 g/mol. The van der Waals surface area contributed by atoms with Gasteiger partial charge in [0.15, 0.2) is 0 Å². The average Bonchev–Trinajstić information content (AvgIpc) is 3.35. The van der Waals surface area contributed by atoms with E-state index in [0.29, 0.717) is 23.9 Å². The summed E-state index contributed by atoms with van der Waals surface area (Å²) in [6.07, 6.45) is 71.8. The normalized spacial score (nSPS) is 14.7. The van der Waals surface area contributed by atoms with Crippen molar-refractivity contribution in [3.05, 3.63) is 122 Å². The molecule has 73 heavy (non-hydrogen) atoms. The van der Waals surface area contributed by atoms with E-state index in [9.17, 15) is 19.0 Å². The standard InChI is InChI=1S/C63H107N2O7P/c1-7-10-13-16-19-22-25-28-30-31-32-33-35-38-41-44-47-50-53-56-63(67)72-61(54-51-48-45-42-39-36-27-24-21-18-15-12-9-3)60(59-71-73(68,69)70-58-57-65(4,5)6)64-62(66)55-52-49-46-43-40-37-34-29-26-23-20-17-14-11-8-2/h10-11,13-14,17,19-20,22-23,26,28,30,32-33,38,41,47,50-51,54,60-61H,7-9,12,15-16,18,21,24-25,27,29,31,34-37,39-40,42-46,48-49,52-53,55-59H2,1-6H3,(H-,64,66,68,69)/b13-10-,14-11+,20-17+,22-19-,26-23+,30-28-,33-32-,41-38-,50-47-,54-51+. The van der Waals surface area contributed by atoms with E-state index >= 15 is 0 Å². The summed E-state index contributed by atoms with van der Waals surface area (Å²) in [6, 6.07) is -0.933. The van der Waals surface area contributed by atoms with Gasteiger partial charge in [-0.15, -0.1) is 0 Å². The van der Waals surface area contributed by atoms with Crippen LogP contribution in [0, 0.1) is 0 Å². The monoisotopic (exact) mass is 1030 g/mol. The van der Waals surface area contributed by atoms with Crippen molar-refractivity contribution in [1.29, 1.82) is 0 Å². The third kappa shape index (κ3) is 53.1. The number of amides is 1. The van der Waals surface area contributed by atoms with Gasteiger partial charge in [-0.2, -0.15) is 0 Å². The molecule has 0 aliphatic heterocycles. The van der Waals surface area contributed by atoms with Gasteiger partial charge >= 0.3 is 5.97 Å². The largest absolute Gasteiger partial charge is 0.756 e. The van der Waals surface area contributed by atoms with Crippen molar-refractivity contribution in [3.63, 3.8) is 0 Å². The topological polar surface area (TPSA) is 114 Å². The van der Waals surface area contributed by atoms with Crippen molar-refractivity contribution >= 4 is 19.7 Å². The maximum absolute atomic E-state index is 13.5. The van der Waals surface area contributed by atoms with Crippen molar-refractivity contribution in [2.75, 3.05) is 40.9 Å². The van der Waals surface area contributed by atoms with Gasteiger partial charge in [-0.05, 0) is 89.5 Å². The molecule has 0 aliphatic rings. The first-order valence-electron chi connectivity index (χ1n) is 28.9. The predicted molar refractivity (Wildman–Crippen MR) is 311 cm³/mol. The molecule has 0 fully saturated rings. The van der Waals surface area contributed by atoms with Crippen LogP contribution in [-0.4, -0.2) is 69.4 Å². The lowest BCUT2D eigenvalue weighted by molar-refractivity contribution is -0.870. The number of nitrogens with one attached hydrogen (secondary N) is 1. The first-order chi connectivity index (χ1) is 35.4. The van der Waals surface area contributed by atoms with Crippen LogP contribution in [0.15, 0.2) is 122 Å². The highest BCUT2D eigenvalue weighted by Gasteiger charge is 2.27. The summed E-state index contributed by atoms with van der Waals surface area (Å²) in [5.74, 6) is -0.663. The van der Waals surface area contributed by atoms with Gasteiger partial charge in [-0.3, -0.25) is 14.2 Å². The Labute approximate surface area is 448 Å². The minimum absolute atomic E-state index is 0.0426. The summed E-state index contributed by atoms with van der Waals surface area (Å²) in [7, 11) is 1.12. The van der Waals surface area contributed by atoms with Crippen molar-refractivity contribution in [2.24, 2.45) is 0 Å².